The van der Waals surface area contributed by atoms with E-state index in [0.29, 0.717) is 54.4 Å². The summed E-state index contributed by atoms with van der Waals surface area (Å²) in [5, 5.41) is 21.9. The van der Waals surface area contributed by atoms with Crippen molar-refractivity contribution in [1.29, 1.82) is 0 Å². The van der Waals surface area contributed by atoms with Crippen molar-refractivity contribution < 1.29 is 62.5 Å². The van der Waals surface area contributed by atoms with Gasteiger partial charge >= 0.3 is 29.8 Å². The molecule has 2 spiro atoms. The topological polar surface area (TPSA) is 218 Å². The second-order valence-electron chi connectivity index (χ2n) is 22.0. The molecule has 0 aliphatic carbocycles. The Labute approximate surface area is 464 Å². The number of carboxylic acid groups (broad SMARTS) is 1. The molecule has 6 rings (SSSR count). The second-order valence-corrected chi connectivity index (χ2v) is 22.9. The van der Waals surface area contributed by atoms with Gasteiger partial charge in [0.25, 0.3) is 0 Å². The molecule has 4 aliphatic rings. The highest BCUT2D eigenvalue weighted by atomic mass is 35.5. The van der Waals surface area contributed by atoms with E-state index in [0.717, 1.165) is 68.2 Å². The van der Waals surface area contributed by atoms with E-state index in [2.05, 4.69) is 28.8 Å². The number of carboxylic acids is 1. The van der Waals surface area contributed by atoms with E-state index in [4.69, 9.17) is 56.9 Å². The predicted octanol–water partition coefficient (Wildman–Crippen LogP) is 10.8. The summed E-state index contributed by atoms with van der Waals surface area (Å²) in [6.45, 7) is 18.8. The number of hydrogen-bond acceptors (Lipinski definition) is 15. The van der Waals surface area contributed by atoms with Gasteiger partial charge < -0.3 is 43.9 Å². The van der Waals surface area contributed by atoms with Crippen LogP contribution in [-0.4, -0.2) is 119 Å². The number of likely N-dealkylation sites (tertiary alicyclic amines) is 1. The van der Waals surface area contributed by atoms with Gasteiger partial charge in [-0.15, -0.1) is 13.2 Å². The predicted molar refractivity (Wildman–Crippen MR) is 296 cm³/mol. The van der Waals surface area contributed by atoms with Crippen molar-refractivity contribution >= 4 is 70.4 Å². The van der Waals surface area contributed by atoms with Crippen LogP contribution in [0.2, 0.25) is 10.0 Å². The summed E-state index contributed by atoms with van der Waals surface area (Å²) in [5.41, 5.74) is 0.824. The molecular weight excluding hydrogens is 1030 g/mol. The average molecular weight is 1110 g/mol. The number of esters is 4. The largest absolute Gasteiger partial charge is 0.481 e. The Morgan fingerprint density at radius 3 is 1.68 bits per heavy atom. The Morgan fingerprint density at radius 1 is 0.727 bits per heavy atom. The Hall–Kier alpha value is -5.78. The number of hydrogen-bond donors (Lipinski definition) is 2. The van der Waals surface area contributed by atoms with Crippen molar-refractivity contribution in [3.05, 3.63) is 95.0 Å². The Bertz CT molecular complexity index is 2430. The first-order valence-corrected chi connectivity index (χ1v) is 27.2. The van der Waals surface area contributed by atoms with Crippen LogP contribution in [0, 0.1) is 11.8 Å². The first kappa shape index (κ1) is 63.8. The third-order valence-corrected chi connectivity index (χ3v) is 13.6. The Balaban J connectivity index is 0.000000276. The zero-order valence-corrected chi connectivity index (χ0v) is 47.7. The van der Waals surface area contributed by atoms with Crippen LogP contribution in [0.1, 0.15) is 155 Å². The molecule has 2 aromatic carbocycles. The van der Waals surface area contributed by atoms with Gasteiger partial charge in [-0.2, -0.15) is 0 Å². The van der Waals surface area contributed by atoms with Crippen molar-refractivity contribution in [3.63, 3.8) is 0 Å². The third-order valence-electron chi connectivity index (χ3n) is 13.2. The molecular formula is C58H80Cl2N4O13. The number of halogens is 2. The van der Waals surface area contributed by atoms with Gasteiger partial charge in [0.15, 0.2) is 11.2 Å². The molecule has 6 atom stereocenters. The number of nitrogens with zero attached hydrogens (tertiary/aromatic N) is 3. The van der Waals surface area contributed by atoms with E-state index in [1.54, 1.807) is 47.6 Å². The fraction of sp³-hybridized carbons (Fsp3) is 0.586. The van der Waals surface area contributed by atoms with Gasteiger partial charge in [0.05, 0.1) is 50.9 Å². The van der Waals surface area contributed by atoms with Crippen LogP contribution in [-0.2, 0) is 57.4 Å². The molecule has 1 amide bonds. The molecule has 2 aromatic rings. The first-order chi connectivity index (χ1) is 36.3. The molecule has 0 bridgehead atoms. The highest BCUT2D eigenvalue weighted by molar-refractivity contribution is 6.31. The molecule has 2 N–H and O–H groups in total. The van der Waals surface area contributed by atoms with Crippen molar-refractivity contribution in [2.24, 2.45) is 22.1 Å². The van der Waals surface area contributed by atoms with Gasteiger partial charge in [0, 0.05) is 59.3 Å². The molecule has 19 heteroatoms. The number of benzene rings is 2. The summed E-state index contributed by atoms with van der Waals surface area (Å²) in [4.78, 5) is 86.7. The number of ether oxygens (including phenoxy) is 4. The molecule has 4 heterocycles. The van der Waals surface area contributed by atoms with E-state index < -0.39 is 64.2 Å². The van der Waals surface area contributed by atoms with Crippen LogP contribution in [0.15, 0.2) is 84.2 Å². The minimum Gasteiger partial charge on any atom is -0.481 e. The summed E-state index contributed by atoms with van der Waals surface area (Å²) in [7, 11) is 2.69. The Morgan fingerprint density at radius 2 is 1.21 bits per heavy atom. The number of unbranched alkanes of at least 4 members (excludes halogenated alkanes) is 6. The maximum absolute atomic E-state index is 13.9. The molecule has 2 fully saturated rings. The summed E-state index contributed by atoms with van der Waals surface area (Å²) < 4.78 is 20.5. The van der Waals surface area contributed by atoms with Crippen LogP contribution in [0.25, 0.3) is 0 Å². The zero-order valence-electron chi connectivity index (χ0n) is 46.2. The molecule has 0 radical (unpaired) electrons. The van der Waals surface area contributed by atoms with Gasteiger partial charge in [0.2, 0.25) is 5.91 Å². The standard InChI is InChI=1S/C29H39ClN2O6.C15H26O4.C14H15ClN2O3/c1-6-7-8-9-10-12-21(16-25(33)37-28(2,3)4)26(34)32-19-29(18-24(32)27(35)36-5)17-23(31-38-29)20-13-11-14-22(30)15-20;1-5-6-7-8-9-10-12(14(17)18)11-13(16)19-15(2,3)4;1-19-13(18)12-7-14(8-16-12)6-11(17-20-14)9-3-2-4-10(15)5-9/h6,11,13-15,21,24H,1,7-10,12,16-19H2,2-5H3;5,12H,1,6-11H2,2-4H3,(H,17,18);2-5,12,16H,6-8H2,1H3/t21-,24+,29-;12-;12-,14+/m110/s1. The fourth-order valence-electron chi connectivity index (χ4n) is 9.49. The number of amides is 1. The molecule has 0 saturated carbocycles. The molecule has 2 saturated heterocycles. The number of oxime groups is 2. The van der Waals surface area contributed by atoms with Gasteiger partial charge in [-0.05, 0) is 104 Å². The number of carbonyl (C=O) groups is 6. The van der Waals surface area contributed by atoms with Crippen molar-refractivity contribution in [2.45, 2.75) is 179 Å². The molecule has 0 unspecified atom stereocenters. The highest BCUT2D eigenvalue weighted by Crippen LogP contribution is 2.41. The number of carbonyl (C=O) groups excluding carboxylic acids is 5. The number of rotatable bonds is 22. The lowest BCUT2D eigenvalue weighted by Gasteiger charge is -2.28. The van der Waals surface area contributed by atoms with Crippen LogP contribution >= 0.6 is 23.2 Å². The van der Waals surface area contributed by atoms with E-state index in [1.165, 1.54) is 19.1 Å². The fourth-order valence-corrected chi connectivity index (χ4v) is 9.87. The van der Waals surface area contributed by atoms with Crippen LogP contribution in [0.3, 0.4) is 0 Å². The first-order valence-electron chi connectivity index (χ1n) is 26.4. The molecule has 424 valence electrons. The summed E-state index contributed by atoms with van der Waals surface area (Å²) in [6, 6.07) is 13.7. The minimum atomic E-state index is -0.922. The van der Waals surface area contributed by atoms with Crippen LogP contribution in [0.4, 0.5) is 0 Å². The molecule has 4 aliphatic heterocycles. The number of allylic oxidation sites excluding steroid dienone is 2. The SMILES string of the molecule is C=CCCCCC[C@H](CC(=O)OC(C)(C)C)C(=O)N1C[C@@]2(CC(c3cccc(Cl)c3)=NO2)C[C@H]1C(=O)OC.C=CCCCCC[C@H](CC(=O)OC(C)(C)C)C(=O)O.COC(=O)[C@@H]1C[C@@]2(CN1)CC(c1cccc(Cl)c1)=NO2. The van der Waals surface area contributed by atoms with Crippen molar-refractivity contribution in [2.75, 3.05) is 27.3 Å². The van der Waals surface area contributed by atoms with Gasteiger partial charge in [-0.25, -0.2) is 4.79 Å². The Kier molecular flexibility index (Phi) is 24.7. The average Bonchev–Trinajstić information content (AvgIpc) is 4.19. The third kappa shape index (κ3) is 20.8. The lowest BCUT2D eigenvalue weighted by Crippen LogP contribution is -2.45. The number of nitrogens with one attached hydrogen (secondary N) is 1. The normalized spacial score (nSPS) is 21.1. The summed E-state index contributed by atoms with van der Waals surface area (Å²) in [5.74, 6) is -4.11. The van der Waals surface area contributed by atoms with Gasteiger partial charge in [0.1, 0.15) is 23.3 Å². The monoisotopic (exact) mass is 1110 g/mol. The molecule has 17 nitrogen and oxygen atoms in total. The smallest absolute Gasteiger partial charge is 0.328 e. The minimum absolute atomic E-state index is 0.0476. The van der Waals surface area contributed by atoms with E-state index in [-0.39, 0.29) is 43.7 Å². The van der Waals surface area contributed by atoms with Gasteiger partial charge in [-0.3, -0.25) is 24.0 Å². The maximum atomic E-state index is 13.9. The van der Waals surface area contributed by atoms with Crippen molar-refractivity contribution in [1.82, 2.24) is 10.2 Å². The number of aliphatic carboxylic acids is 1. The lowest BCUT2D eigenvalue weighted by atomic mass is 9.92. The van der Waals surface area contributed by atoms with E-state index in [1.807, 2.05) is 54.6 Å². The molecule has 0 aromatic heterocycles. The molecule has 77 heavy (non-hydrogen) atoms. The van der Waals surface area contributed by atoms with E-state index >= 15 is 0 Å². The second kappa shape index (κ2) is 29.8. The van der Waals surface area contributed by atoms with Crippen LogP contribution < -0.4 is 5.32 Å². The zero-order chi connectivity index (χ0) is 57.0. The summed E-state index contributed by atoms with van der Waals surface area (Å²) >= 11 is 12.1. The van der Waals surface area contributed by atoms with Gasteiger partial charge in [-0.1, -0.05) is 95.6 Å². The highest BCUT2D eigenvalue weighted by Gasteiger charge is 2.55. The quantitative estimate of drug-likeness (QED) is 0.0485. The van der Waals surface area contributed by atoms with Crippen molar-refractivity contribution in [3.8, 4) is 0 Å². The lowest BCUT2D eigenvalue weighted by molar-refractivity contribution is -0.160. The number of methoxy groups -OCH3 is 2. The maximum Gasteiger partial charge on any atom is 0.328 e. The van der Waals surface area contributed by atoms with E-state index in [9.17, 15) is 28.8 Å². The van der Waals surface area contributed by atoms with Crippen LogP contribution in [0.5, 0.6) is 0 Å². The summed E-state index contributed by atoms with van der Waals surface area (Å²) in [6.07, 6.45) is 13.8.